The van der Waals surface area contributed by atoms with Gasteiger partial charge in [-0.15, -0.1) is 0 Å². The van der Waals surface area contributed by atoms with Gasteiger partial charge in [0.05, 0.1) is 11.7 Å². The minimum absolute atomic E-state index is 0.729. The lowest BCUT2D eigenvalue weighted by molar-refractivity contribution is 0.642. The van der Waals surface area contributed by atoms with Crippen LogP contribution in [-0.4, -0.2) is 51.1 Å². The van der Waals surface area contributed by atoms with Gasteiger partial charge in [-0.3, -0.25) is 9.97 Å². The zero-order valence-electron chi connectivity index (χ0n) is 15.3. The minimum atomic E-state index is 0.729. The lowest BCUT2D eigenvalue weighted by atomic mass is 10.2. The quantitative estimate of drug-likeness (QED) is 0.550. The number of para-hydroxylation sites is 1. The van der Waals surface area contributed by atoms with Crippen molar-refractivity contribution in [2.75, 3.05) is 36.0 Å². The molecule has 0 unspecified atom stereocenters. The molecule has 7 heteroatoms. The van der Waals surface area contributed by atoms with Crippen molar-refractivity contribution in [3.63, 3.8) is 0 Å². The molecule has 0 radical (unpaired) electrons. The number of hydrogen-bond acceptors (Lipinski definition) is 7. The first-order valence-electron chi connectivity index (χ1n) is 9.31. The van der Waals surface area contributed by atoms with Gasteiger partial charge in [0.25, 0.3) is 0 Å². The maximum absolute atomic E-state index is 4.93. The Morgan fingerprint density at radius 3 is 2.29 bits per heavy atom. The molecule has 0 amide bonds. The van der Waals surface area contributed by atoms with E-state index < -0.39 is 0 Å². The summed E-state index contributed by atoms with van der Waals surface area (Å²) in [6.07, 6.45) is 8.80. The summed E-state index contributed by atoms with van der Waals surface area (Å²) in [6.45, 7) is 3.49. The van der Waals surface area contributed by atoms with Gasteiger partial charge in [-0.2, -0.15) is 0 Å². The molecule has 1 aliphatic rings. The van der Waals surface area contributed by atoms with Crippen molar-refractivity contribution in [2.24, 2.45) is 0 Å². The number of fused-ring (bicyclic) bond motifs is 1. The molecule has 0 saturated carbocycles. The fourth-order valence-corrected chi connectivity index (χ4v) is 3.53. The van der Waals surface area contributed by atoms with Gasteiger partial charge in [0.1, 0.15) is 11.6 Å². The molecule has 0 atom stereocenters. The fourth-order valence-electron chi connectivity index (χ4n) is 3.53. The minimum Gasteiger partial charge on any atom is -0.352 e. The van der Waals surface area contributed by atoms with E-state index in [4.69, 9.17) is 9.97 Å². The lowest BCUT2D eigenvalue weighted by Crippen LogP contribution is -2.47. The van der Waals surface area contributed by atoms with Crippen molar-refractivity contribution in [2.45, 2.75) is 0 Å². The summed E-state index contributed by atoms with van der Waals surface area (Å²) in [4.78, 5) is 27.0. The molecule has 1 aromatic carbocycles. The highest BCUT2D eigenvalue weighted by Crippen LogP contribution is 2.28. The van der Waals surface area contributed by atoms with Crippen molar-refractivity contribution < 1.29 is 0 Å². The molecule has 3 aromatic heterocycles. The van der Waals surface area contributed by atoms with Crippen LogP contribution in [-0.2, 0) is 0 Å². The van der Waals surface area contributed by atoms with Crippen LogP contribution in [0.25, 0.3) is 22.3 Å². The Labute approximate surface area is 162 Å². The maximum Gasteiger partial charge on any atom is 0.162 e. The summed E-state index contributed by atoms with van der Waals surface area (Å²) in [7, 11) is 0. The summed E-state index contributed by atoms with van der Waals surface area (Å²) < 4.78 is 0. The van der Waals surface area contributed by atoms with E-state index in [1.54, 1.807) is 24.8 Å². The molecule has 0 N–H and O–H groups in total. The number of piperazine rings is 1. The average Bonchev–Trinajstić information content (AvgIpc) is 2.80. The lowest BCUT2D eigenvalue weighted by Gasteiger charge is -2.36. The third-order valence-corrected chi connectivity index (χ3v) is 4.97. The molecule has 4 aromatic rings. The predicted octanol–water partition coefficient (Wildman–Crippen LogP) is 2.81. The van der Waals surface area contributed by atoms with Crippen LogP contribution in [0.2, 0.25) is 0 Å². The van der Waals surface area contributed by atoms with E-state index >= 15 is 0 Å². The summed E-state index contributed by atoms with van der Waals surface area (Å²) in [6, 6.07) is 12.1. The highest BCUT2D eigenvalue weighted by Gasteiger charge is 2.22. The second kappa shape index (κ2) is 7.19. The number of hydrogen-bond donors (Lipinski definition) is 0. The zero-order chi connectivity index (χ0) is 18.8. The van der Waals surface area contributed by atoms with Gasteiger partial charge in [-0.05, 0) is 24.3 Å². The Morgan fingerprint density at radius 1 is 0.714 bits per heavy atom. The van der Waals surface area contributed by atoms with Gasteiger partial charge < -0.3 is 9.80 Å². The van der Waals surface area contributed by atoms with E-state index in [1.807, 2.05) is 36.5 Å². The van der Waals surface area contributed by atoms with E-state index in [9.17, 15) is 0 Å². The van der Waals surface area contributed by atoms with E-state index in [-0.39, 0.29) is 0 Å². The SMILES string of the molecule is c1ccc2c(N3CCN(c4cnccn4)CC3)nc(-c3ccncc3)nc2c1. The third-order valence-electron chi connectivity index (χ3n) is 4.97. The Hall–Kier alpha value is -3.61. The first-order valence-corrected chi connectivity index (χ1v) is 9.31. The van der Waals surface area contributed by atoms with Gasteiger partial charge in [-0.25, -0.2) is 15.0 Å². The molecular weight excluding hydrogens is 350 g/mol. The average molecular weight is 369 g/mol. The molecule has 0 aliphatic carbocycles. The van der Waals surface area contributed by atoms with Gasteiger partial charge in [-0.1, -0.05) is 12.1 Å². The van der Waals surface area contributed by atoms with Crippen LogP contribution in [0, 0.1) is 0 Å². The molecule has 1 fully saturated rings. The molecule has 138 valence electrons. The largest absolute Gasteiger partial charge is 0.352 e. The first kappa shape index (κ1) is 16.6. The number of aromatic nitrogens is 5. The molecule has 1 saturated heterocycles. The molecular formula is C21H19N7. The van der Waals surface area contributed by atoms with Crippen molar-refractivity contribution >= 4 is 22.5 Å². The number of nitrogens with zero attached hydrogens (tertiary/aromatic N) is 7. The Balaban J connectivity index is 1.49. The molecule has 7 nitrogen and oxygen atoms in total. The Morgan fingerprint density at radius 2 is 1.50 bits per heavy atom. The van der Waals surface area contributed by atoms with Crippen LogP contribution in [0.3, 0.4) is 0 Å². The number of benzene rings is 1. The van der Waals surface area contributed by atoms with Gasteiger partial charge in [0.15, 0.2) is 5.82 Å². The summed E-state index contributed by atoms with van der Waals surface area (Å²) >= 11 is 0. The summed E-state index contributed by atoms with van der Waals surface area (Å²) in [5.74, 6) is 2.64. The maximum atomic E-state index is 4.93. The van der Waals surface area contributed by atoms with Gasteiger partial charge in [0.2, 0.25) is 0 Å². The smallest absolute Gasteiger partial charge is 0.162 e. The molecule has 28 heavy (non-hydrogen) atoms. The van der Waals surface area contributed by atoms with Crippen molar-refractivity contribution in [3.05, 3.63) is 67.4 Å². The molecule has 4 heterocycles. The monoisotopic (exact) mass is 369 g/mol. The molecule has 5 rings (SSSR count). The van der Waals surface area contributed by atoms with Crippen molar-refractivity contribution in [1.29, 1.82) is 0 Å². The van der Waals surface area contributed by atoms with Crippen LogP contribution in [0.4, 0.5) is 11.6 Å². The van der Waals surface area contributed by atoms with Gasteiger partial charge in [0, 0.05) is 61.9 Å². The zero-order valence-corrected chi connectivity index (χ0v) is 15.3. The van der Waals surface area contributed by atoms with Crippen LogP contribution < -0.4 is 9.80 Å². The summed E-state index contributed by atoms with van der Waals surface area (Å²) in [5.41, 5.74) is 1.93. The van der Waals surface area contributed by atoms with Crippen LogP contribution in [0.15, 0.2) is 67.4 Å². The molecule has 0 bridgehead atoms. The van der Waals surface area contributed by atoms with Crippen LogP contribution in [0.5, 0.6) is 0 Å². The second-order valence-corrected chi connectivity index (χ2v) is 6.66. The van der Waals surface area contributed by atoms with Crippen molar-refractivity contribution in [1.82, 2.24) is 24.9 Å². The number of anilines is 2. The van der Waals surface area contributed by atoms with E-state index in [1.165, 1.54) is 0 Å². The summed E-state index contributed by atoms with van der Waals surface area (Å²) in [5, 5.41) is 1.08. The van der Waals surface area contributed by atoms with E-state index in [0.717, 1.165) is 60.1 Å². The van der Waals surface area contributed by atoms with Crippen LogP contribution in [0.1, 0.15) is 0 Å². The first-order chi connectivity index (χ1) is 13.9. The van der Waals surface area contributed by atoms with E-state index in [2.05, 4.69) is 30.8 Å². The second-order valence-electron chi connectivity index (χ2n) is 6.66. The Bertz CT molecular complexity index is 1080. The number of pyridine rings is 1. The third kappa shape index (κ3) is 3.11. The van der Waals surface area contributed by atoms with Crippen molar-refractivity contribution in [3.8, 4) is 11.4 Å². The molecule has 1 aliphatic heterocycles. The highest BCUT2D eigenvalue weighted by atomic mass is 15.3. The predicted molar refractivity (Wildman–Crippen MR) is 109 cm³/mol. The Kier molecular flexibility index (Phi) is 4.25. The van der Waals surface area contributed by atoms with E-state index in [0.29, 0.717) is 0 Å². The van der Waals surface area contributed by atoms with Crippen LogP contribution >= 0.6 is 0 Å². The topological polar surface area (TPSA) is 70.9 Å². The molecule has 0 spiro atoms. The standard InChI is InChI=1S/C21H19N7/c1-2-4-18-17(3-1)21(26-20(25-18)16-5-7-22-8-6-16)28-13-11-27(12-14-28)19-15-23-9-10-24-19/h1-10,15H,11-14H2. The highest BCUT2D eigenvalue weighted by molar-refractivity contribution is 5.91. The number of rotatable bonds is 3. The fraction of sp³-hybridized carbons (Fsp3) is 0.190. The normalized spacial score (nSPS) is 14.4. The van der Waals surface area contributed by atoms with Gasteiger partial charge >= 0.3 is 0 Å².